The van der Waals surface area contributed by atoms with E-state index < -0.39 is 6.03 Å². The van der Waals surface area contributed by atoms with Crippen LogP contribution in [0, 0.1) is 0 Å². The lowest BCUT2D eigenvalue weighted by Crippen LogP contribution is -2.40. The summed E-state index contributed by atoms with van der Waals surface area (Å²) >= 11 is 8.78. The van der Waals surface area contributed by atoms with E-state index in [-0.39, 0.29) is 18.2 Å². The van der Waals surface area contributed by atoms with Gasteiger partial charge in [0.25, 0.3) is 0 Å². The second-order valence-electron chi connectivity index (χ2n) is 3.78. The van der Waals surface area contributed by atoms with Gasteiger partial charge in [0.1, 0.15) is 0 Å². The monoisotopic (exact) mass is 332 g/mol. The first-order valence-electron chi connectivity index (χ1n) is 5.38. The van der Waals surface area contributed by atoms with Gasteiger partial charge in [-0.15, -0.1) is 11.6 Å². The van der Waals surface area contributed by atoms with Gasteiger partial charge in [-0.25, -0.2) is 4.79 Å². The van der Waals surface area contributed by atoms with Crippen LogP contribution in [0.15, 0.2) is 28.7 Å². The van der Waals surface area contributed by atoms with E-state index in [9.17, 15) is 9.59 Å². The highest BCUT2D eigenvalue weighted by atomic mass is 79.9. The summed E-state index contributed by atoms with van der Waals surface area (Å²) in [6.07, 6.45) is 0.137. The molecule has 1 aromatic rings. The van der Waals surface area contributed by atoms with E-state index in [1.54, 1.807) is 7.05 Å². The summed E-state index contributed by atoms with van der Waals surface area (Å²) in [5, 5.41) is 2.27. The maximum absolute atomic E-state index is 11.7. The van der Waals surface area contributed by atoms with E-state index in [1.807, 2.05) is 24.3 Å². The summed E-state index contributed by atoms with van der Waals surface area (Å²) in [6, 6.07) is 7.21. The smallest absolute Gasteiger partial charge is 0.323 e. The summed E-state index contributed by atoms with van der Waals surface area (Å²) in [5.74, 6) is -0.162. The summed E-state index contributed by atoms with van der Waals surface area (Å²) in [7, 11) is 1.63. The van der Waals surface area contributed by atoms with Crippen molar-refractivity contribution in [3.05, 3.63) is 34.3 Å². The van der Waals surface area contributed by atoms with E-state index >= 15 is 0 Å². The topological polar surface area (TPSA) is 49.4 Å². The first-order valence-corrected chi connectivity index (χ1v) is 6.71. The number of nitrogens with one attached hydrogen (secondary N) is 1. The molecular weight excluding hydrogens is 320 g/mol. The van der Waals surface area contributed by atoms with Crippen LogP contribution in [-0.2, 0) is 11.3 Å². The lowest BCUT2D eigenvalue weighted by molar-refractivity contribution is -0.119. The highest BCUT2D eigenvalue weighted by Gasteiger charge is 2.12. The molecule has 0 aliphatic heterocycles. The van der Waals surface area contributed by atoms with Crippen molar-refractivity contribution >= 4 is 39.5 Å². The highest BCUT2D eigenvalue weighted by molar-refractivity contribution is 9.10. The van der Waals surface area contributed by atoms with Crippen molar-refractivity contribution in [1.29, 1.82) is 0 Å². The van der Waals surface area contributed by atoms with Crippen molar-refractivity contribution in [3.63, 3.8) is 0 Å². The molecule has 0 heterocycles. The fraction of sp³-hybridized carbons (Fsp3) is 0.333. The summed E-state index contributed by atoms with van der Waals surface area (Å²) in [6.45, 7) is 0.430. The third-order valence-electron chi connectivity index (χ3n) is 2.22. The van der Waals surface area contributed by atoms with E-state index in [0.717, 1.165) is 10.0 Å². The molecule has 0 aliphatic carbocycles. The zero-order chi connectivity index (χ0) is 13.5. The fourth-order valence-electron chi connectivity index (χ4n) is 1.34. The molecule has 0 aliphatic rings. The van der Waals surface area contributed by atoms with Crippen LogP contribution in [0.1, 0.15) is 12.0 Å². The number of alkyl halides is 1. The molecule has 0 saturated carbocycles. The van der Waals surface area contributed by atoms with Gasteiger partial charge < -0.3 is 4.90 Å². The third kappa shape index (κ3) is 5.06. The normalized spacial score (nSPS) is 9.94. The Morgan fingerprint density at radius 2 is 2.17 bits per heavy atom. The SMILES string of the molecule is CN(Cc1cccc(Br)c1)C(=O)NC(=O)CCCl. The van der Waals surface area contributed by atoms with Crippen molar-refractivity contribution in [2.45, 2.75) is 13.0 Å². The van der Waals surface area contributed by atoms with Gasteiger partial charge in [-0.2, -0.15) is 0 Å². The lowest BCUT2D eigenvalue weighted by Gasteiger charge is -2.17. The van der Waals surface area contributed by atoms with Gasteiger partial charge >= 0.3 is 6.03 Å². The predicted octanol–water partition coefficient (Wildman–Crippen LogP) is 2.75. The van der Waals surface area contributed by atoms with Gasteiger partial charge in [-0.1, -0.05) is 28.1 Å². The second-order valence-corrected chi connectivity index (χ2v) is 5.07. The fourth-order valence-corrected chi connectivity index (χ4v) is 1.96. The molecule has 1 aromatic carbocycles. The van der Waals surface area contributed by atoms with Crippen LogP contribution in [-0.4, -0.2) is 29.8 Å². The molecule has 0 aromatic heterocycles. The molecule has 0 radical (unpaired) electrons. The molecule has 0 spiro atoms. The average Bonchev–Trinajstić information content (AvgIpc) is 2.29. The number of amides is 3. The predicted molar refractivity (Wildman–Crippen MR) is 74.5 cm³/mol. The molecule has 98 valence electrons. The largest absolute Gasteiger partial charge is 0.324 e. The van der Waals surface area contributed by atoms with Crippen LogP contribution in [0.25, 0.3) is 0 Å². The van der Waals surface area contributed by atoms with E-state index in [0.29, 0.717) is 6.54 Å². The van der Waals surface area contributed by atoms with Gasteiger partial charge in [0.2, 0.25) is 5.91 Å². The van der Waals surface area contributed by atoms with Crippen molar-refractivity contribution in [1.82, 2.24) is 10.2 Å². The number of imide groups is 1. The van der Waals surface area contributed by atoms with Gasteiger partial charge in [0.05, 0.1) is 0 Å². The minimum absolute atomic E-state index is 0.137. The number of carbonyl (C=O) groups is 2. The Kier molecular flexibility index (Phi) is 6.15. The minimum atomic E-state index is -0.426. The molecule has 0 bridgehead atoms. The summed E-state index contributed by atoms with van der Waals surface area (Å²) in [5.41, 5.74) is 0.979. The Hall–Kier alpha value is -1.07. The Morgan fingerprint density at radius 1 is 1.44 bits per heavy atom. The maximum Gasteiger partial charge on any atom is 0.324 e. The standard InChI is InChI=1S/C12H14BrClN2O2/c1-16(12(18)15-11(17)5-6-14)8-9-3-2-4-10(13)7-9/h2-4,7H,5-6,8H2,1H3,(H,15,17,18). The Morgan fingerprint density at radius 3 is 2.78 bits per heavy atom. The molecule has 3 amide bonds. The quantitative estimate of drug-likeness (QED) is 0.861. The molecule has 0 atom stereocenters. The van der Waals surface area contributed by atoms with Crippen molar-refractivity contribution < 1.29 is 9.59 Å². The minimum Gasteiger partial charge on any atom is -0.323 e. The Balaban J connectivity index is 2.52. The molecule has 6 heteroatoms. The van der Waals surface area contributed by atoms with Crippen molar-refractivity contribution in [2.75, 3.05) is 12.9 Å². The van der Waals surface area contributed by atoms with E-state index in [2.05, 4.69) is 21.2 Å². The Labute approximate surface area is 119 Å². The number of nitrogens with zero attached hydrogens (tertiary/aromatic N) is 1. The second kappa shape index (κ2) is 7.38. The third-order valence-corrected chi connectivity index (χ3v) is 2.91. The molecule has 1 N–H and O–H groups in total. The number of carbonyl (C=O) groups excluding carboxylic acids is 2. The molecular formula is C12H14BrClN2O2. The number of rotatable bonds is 4. The average molecular weight is 334 g/mol. The van der Waals surface area contributed by atoms with Crippen LogP contribution in [0.5, 0.6) is 0 Å². The van der Waals surface area contributed by atoms with E-state index in [1.165, 1.54) is 4.90 Å². The van der Waals surface area contributed by atoms with Gasteiger partial charge in [0.15, 0.2) is 0 Å². The zero-order valence-corrected chi connectivity index (χ0v) is 12.3. The molecule has 0 saturated heterocycles. The van der Waals surface area contributed by atoms with Crippen molar-refractivity contribution in [2.24, 2.45) is 0 Å². The molecule has 4 nitrogen and oxygen atoms in total. The summed E-state index contributed by atoms with van der Waals surface area (Å²) < 4.78 is 0.951. The first kappa shape index (κ1) is 15.0. The molecule has 0 unspecified atom stereocenters. The zero-order valence-electron chi connectivity index (χ0n) is 9.95. The van der Waals surface area contributed by atoms with Gasteiger partial charge in [-0.3, -0.25) is 10.1 Å². The molecule has 0 fully saturated rings. The number of benzene rings is 1. The number of urea groups is 1. The highest BCUT2D eigenvalue weighted by Crippen LogP contribution is 2.12. The molecule has 18 heavy (non-hydrogen) atoms. The lowest BCUT2D eigenvalue weighted by atomic mass is 10.2. The van der Waals surface area contributed by atoms with Crippen molar-refractivity contribution in [3.8, 4) is 0 Å². The van der Waals surface area contributed by atoms with Gasteiger partial charge in [-0.05, 0) is 17.7 Å². The first-order chi connectivity index (χ1) is 8.52. The van der Waals surface area contributed by atoms with E-state index in [4.69, 9.17) is 11.6 Å². The van der Waals surface area contributed by atoms with Crippen LogP contribution < -0.4 is 5.32 Å². The van der Waals surface area contributed by atoms with Crippen LogP contribution in [0.3, 0.4) is 0 Å². The van der Waals surface area contributed by atoms with Gasteiger partial charge in [0, 0.05) is 30.4 Å². The van der Waals surface area contributed by atoms with Crippen LogP contribution in [0.4, 0.5) is 4.79 Å². The number of halogens is 2. The number of hydrogen-bond donors (Lipinski definition) is 1. The van der Waals surface area contributed by atoms with Crippen LogP contribution in [0.2, 0.25) is 0 Å². The number of hydrogen-bond acceptors (Lipinski definition) is 2. The van der Waals surface area contributed by atoms with Crippen LogP contribution >= 0.6 is 27.5 Å². The maximum atomic E-state index is 11.7. The Bertz CT molecular complexity index is 440. The molecule has 1 rings (SSSR count). The summed E-state index contributed by atoms with van der Waals surface area (Å²) in [4.78, 5) is 24.3.